The van der Waals surface area contributed by atoms with E-state index >= 15 is 0 Å². The molecular formula is C17H20N4O2. The van der Waals surface area contributed by atoms with E-state index in [9.17, 15) is 9.59 Å². The van der Waals surface area contributed by atoms with Crippen LogP contribution in [0.25, 0.3) is 5.69 Å². The van der Waals surface area contributed by atoms with Crippen LogP contribution in [0.3, 0.4) is 0 Å². The summed E-state index contributed by atoms with van der Waals surface area (Å²) in [7, 11) is 0. The van der Waals surface area contributed by atoms with Crippen LogP contribution in [-0.4, -0.2) is 26.8 Å². The first-order valence-electron chi connectivity index (χ1n) is 8.27. The van der Waals surface area contributed by atoms with Gasteiger partial charge in [-0.05, 0) is 37.8 Å². The van der Waals surface area contributed by atoms with Gasteiger partial charge in [0.25, 0.3) is 0 Å². The second-order valence-electron chi connectivity index (χ2n) is 6.37. The summed E-state index contributed by atoms with van der Waals surface area (Å²) in [6.07, 6.45) is 4.14. The quantitative estimate of drug-likeness (QED) is 0.877. The molecule has 0 radical (unpaired) electrons. The van der Waals surface area contributed by atoms with Crippen LogP contribution in [0.2, 0.25) is 0 Å². The number of rotatable bonds is 6. The molecule has 2 saturated carbocycles. The Balaban J connectivity index is 1.55. The molecule has 2 aliphatic rings. The van der Waals surface area contributed by atoms with E-state index in [4.69, 9.17) is 0 Å². The number of hydrogen-bond donors (Lipinski definition) is 1. The lowest BCUT2D eigenvalue weighted by Crippen LogP contribution is -2.32. The Labute approximate surface area is 134 Å². The molecule has 2 aliphatic carbocycles. The van der Waals surface area contributed by atoms with E-state index in [1.807, 2.05) is 30.3 Å². The van der Waals surface area contributed by atoms with Gasteiger partial charge >= 0.3 is 5.69 Å². The molecule has 1 heterocycles. The molecule has 1 aromatic carbocycles. The van der Waals surface area contributed by atoms with E-state index in [1.165, 1.54) is 4.68 Å². The summed E-state index contributed by atoms with van der Waals surface area (Å²) >= 11 is 0. The van der Waals surface area contributed by atoms with Crippen molar-refractivity contribution in [2.45, 2.75) is 38.1 Å². The highest BCUT2D eigenvalue weighted by Crippen LogP contribution is 2.39. The molecular weight excluding hydrogens is 292 g/mol. The molecule has 1 N–H and O–H groups in total. The Morgan fingerprint density at radius 3 is 2.57 bits per heavy atom. The second kappa shape index (κ2) is 5.68. The number of carbonyl (C=O) groups is 1. The Morgan fingerprint density at radius 2 is 1.91 bits per heavy atom. The highest BCUT2D eigenvalue weighted by molar-refractivity contribution is 5.80. The molecule has 0 unspecified atom stereocenters. The molecule has 4 rings (SSSR count). The van der Waals surface area contributed by atoms with Gasteiger partial charge in [0.1, 0.15) is 5.82 Å². The molecule has 6 nitrogen and oxygen atoms in total. The predicted octanol–water partition coefficient (Wildman–Crippen LogP) is 1.44. The van der Waals surface area contributed by atoms with Crippen molar-refractivity contribution in [3.05, 3.63) is 46.6 Å². The average Bonchev–Trinajstić information content (AvgIpc) is 3.47. The molecule has 2 fully saturated rings. The van der Waals surface area contributed by atoms with E-state index in [0.29, 0.717) is 19.0 Å². The standard InChI is InChI=1S/C17H20N4O2/c22-16(13-8-9-13)18-10-11-20-17(23)21(14-4-2-1-3-5-14)15(19-20)12-6-7-12/h1-5,12-13H,6-11H2,(H,18,22). The minimum absolute atomic E-state index is 0.1000. The van der Waals surface area contributed by atoms with Crippen LogP contribution in [0, 0.1) is 5.92 Å². The summed E-state index contributed by atoms with van der Waals surface area (Å²) in [5.74, 6) is 1.51. The Hall–Kier alpha value is -2.37. The molecule has 2 aromatic rings. The van der Waals surface area contributed by atoms with E-state index in [1.54, 1.807) is 4.57 Å². The van der Waals surface area contributed by atoms with Crippen LogP contribution in [0.1, 0.15) is 37.4 Å². The van der Waals surface area contributed by atoms with Crippen molar-refractivity contribution in [3.8, 4) is 5.69 Å². The lowest BCUT2D eigenvalue weighted by atomic mass is 10.3. The SMILES string of the molecule is O=C(NCCn1nc(C2CC2)n(-c2ccccc2)c1=O)C1CC1. The van der Waals surface area contributed by atoms with Gasteiger partial charge in [-0.2, -0.15) is 5.10 Å². The number of carbonyl (C=O) groups excluding carboxylic acids is 1. The second-order valence-corrected chi connectivity index (χ2v) is 6.37. The molecule has 23 heavy (non-hydrogen) atoms. The summed E-state index contributed by atoms with van der Waals surface area (Å²) in [5.41, 5.74) is 0.728. The van der Waals surface area contributed by atoms with Gasteiger partial charge in [-0.15, -0.1) is 0 Å². The number of nitrogens with one attached hydrogen (secondary N) is 1. The molecule has 0 bridgehead atoms. The van der Waals surface area contributed by atoms with Crippen molar-refractivity contribution >= 4 is 5.91 Å². The highest BCUT2D eigenvalue weighted by atomic mass is 16.2. The minimum atomic E-state index is -0.126. The van der Waals surface area contributed by atoms with Gasteiger partial charge in [-0.25, -0.2) is 14.0 Å². The van der Waals surface area contributed by atoms with Gasteiger partial charge in [0.05, 0.1) is 12.2 Å². The van der Waals surface area contributed by atoms with Crippen molar-refractivity contribution in [1.29, 1.82) is 0 Å². The van der Waals surface area contributed by atoms with Crippen LogP contribution in [0.15, 0.2) is 35.1 Å². The summed E-state index contributed by atoms with van der Waals surface area (Å²) in [5, 5.41) is 7.41. The summed E-state index contributed by atoms with van der Waals surface area (Å²) in [4.78, 5) is 24.4. The van der Waals surface area contributed by atoms with Crippen LogP contribution in [-0.2, 0) is 11.3 Å². The maximum atomic E-state index is 12.7. The first-order chi connectivity index (χ1) is 11.2. The normalized spacial score (nSPS) is 17.2. The zero-order valence-corrected chi connectivity index (χ0v) is 12.9. The van der Waals surface area contributed by atoms with E-state index < -0.39 is 0 Å². The van der Waals surface area contributed by atoms with E-state index in [-0.39, 0.29) is 17.5 Å². The minimum Gasteiger partial charge on any atom is -0.354 e. The van der Waals surface area contributed by atoms with Crippen molar-refractivity contribution in [1.82, 2.24) is 19.7 Å². The molecule has 0 atom stereocenters. The predicted molar refractivity (Wildman–Crippen MR) is 85.5 cm³/mol. The fraction of sp³-hybridized carbons (Fsp3) is 0.471. The Morgan fingerprint density at radius 1 is 1.17 bits per heavy atom. The molecule has 120 valence electrons. The summed E-state index contributed by atoms with van der Waals surface area (Å²) in [6, 6.07) is 9.63. The monoisotopic (exact) mass is 312 g/mol. The number of benzene rings is 1. The van der Waals surface area contributed by atoms with Crippen molar-refractivity contribution in [2.75, 3.05) is 6.54 Å². The average molecular weight is 312 g/mol. The third kappa shape index (κ3) is 2.93. The maximum Gasteiger partial charge on any atom is 0.350 e. The smallest absolute Gasteiger partial charge is 0.350 e. The van der Waals surface area contributed by atoms with Gasteiger partial charge in [-0.1, -0.05) is 18.2 Å². The fourth-order valence-corrected chi connectivity index (χ4v) is 2.77. The number of hydrogen-bond acceptors (Lipinski definition) is 3. The van der Waals surface area contributed by atoms with Crippen LogP contribution >= 0.6 is 0 Å². The Bertz CT molecular complexity index is 770. The third-order valence-corrected chi connectivity index (χ3v) is 4.39. The van der Waals surface area contributed by atoms with Gasteiger partial charge in [0.2, 0.25) is 5.91 Å². The van der Waals surface area contributed by atoms with E-state index in [0.717, 1.165) is 37.2 Å². The molecule has 6 heteroatoms. The van der Waals surface area contributed by atoms with Crippen molar-refractivity contribution in [3.63, 3.8) is 0 Å². The van der Waals surface area contributed by atoms with Gasteiger partial charge < -0.3 is 5.32 Å². The maximum absolute atomic E-state index is 12.7. The topological polar surface area (TPSA) is 68.9 Å². The first-order valence-corrected chi connectivity index (χ1v) is 8.27. The fourth-order valence-electron chi connectivity index (χ4n) is 2.77. The number of nitrogens with zero attached hydrogens (tertiary/aromatic N) is 3. The first kappa shape index (κ1) is 14.2. The lowest BCUT2D eigenvalue weighted by Gasteiger charge is -2.04. The summed E-state index contributed by atoms with van der Waals surface area (Å²) < 4.78 is 3.19. The van der Waals surface area contributed by atoms with Crippen LogP contribution in [0.4, 0.5) is 0 Å². The zero-order chi connectivity index (χ0) is 15.8. The molecule has 0 saturated heterocycles. The third-order valence-electron chi connectivity index (χ3n) is 4.39. The van der Waals surface area contributed by atoms with E-state index in [2.05, 4.69) is 10.4 Å². The van der Waals surface area contributed by atoms with Crippen molar-refractivity contribution in [2.24, 2.45) is 5.92 Å². The highest BCUT2D eigenvalue weighted by Gasteiger charge is 2.32. The van der Waals surface area contributed by atoms with Crippen LogP contribution in [0.5, 0.6) is 0 Å². The number of para-hydroxylation sites is 1. The van der Waals surface area contributed by atoms with Crippen molar-refractivity contribution < 1.29 is 4.79 Å². The zero-order valence-electron chi connectivity index (χ0n) is 12.9. The largest absolute Gasteiger partial charge is 0.354 e. The van der Waals surface area contributed by atoms with Crippen LogP contribution < -0.4 is 11.0 Å². The number of amides is 1. The molecule has 0 aliphatic heterocycles. The van der Waals surface area contributed by atoms with Gasteiger partial charge in [0.15, 0.2) is 0 Å². The molecule has 0 spiro atoms. The Kier molecular flexibility index (Phi) is 3.52. The lowest BCUT2D eigenvalue weighted by molar-refractivity contribution is -0.122. The van der Waals surface area contributed by atoms with Gasteiger partial charge in [0, 0.05) is 18.4 Å². The summed E-state index contributed by atoms with van der Waals surface area (Å²) in [6.45, 7) is 0.863. The molecule has 1 amide bonds. The molecule has 1 aromatic heterocycles. The van der Waals surface area contributed by atoms with Gasteiger partial charge in [-0.3, -0.25) is 4.79 Å². The number of aromatic nitrogens is 3.